The van der Waals surface area contributed by atoms with Crippen LogP contribution in [0.2, 0.25) is 0 Å². The quantitative estimate of drug-likeness (QED) is 0.527. The minimum atomic E-state index is -4.70. The Balaban J connectivity index is 0.00000169. The second kappa shape index (κ2) is 4.95. The van der Waals surface area contributed by atoms with Crippen LogP contribution in [-0.4, -0.2) is 14.9 Å². The van der Waals surface area contributed by atoms with Crippen LogP contribution in [0.25, 0.3) is 0 Å². The molecule has 0 amide bonds. The number of alkyl halides is 3. The van der Waals surface area contributed by atoms with E-state index in [2.05, 4.69) is 5.10 Å². The molecule has 1 heterocycles. The molecule has 0 atom stereocenters. The van der Waals surface area contributed by atoms with Crippen molar-refractivity contribution in [2.45, 2.75) is 12.8 Å². The van der Waals surface area contributed by atoms with Gasteiger partial charge in [0, 0.05) is 12.6 Å². The Hall–Kier alpha value is 0.396. The van der Waals surface area contributed by atoms with Gasteiger partial charge in [0.15, 0.2) is 5.69 Å². The topological polar surface area (TPSA) is 61.1 Å². The number of aliphatic hydroxyl groups excluding tert-OH is 1. The maximum atomic E-state index is 12.1. The van der Waals surface area contributed by atoms with Crippen LogP contribution >= 0.6 is 0 Å². The van der Waals surface area contributed by atoms with Gasteiger partial charge in [0.1, 0.15) is 0 Å². The van der Waals surface area contributed by atoms with Gasteiger partial charge in [-0.3, -0.25) is 4.68 Å². The number of aryl methyl sites for hydroxylation is 1. The van der Waals surface area contributed by atoms with E-state index in [1.165, 1.54) is 0 Å². The third-order valence-corrected chi connectivity index (χ3v) is 1.51. The smallest absolute Gasteiger partial charge is 0.859 e. The number of aliphatic hydroxyl groups is 1. The first kappa shape index (κ1) is 14.4. The van der Waals surface area contributed by atoms with Gasteiger partial charge in [-0.05, 0) is 5.88 Å². The summed E-state index contributed by atoms with van der Waals surface area (Å²) in [6.45, 7) is -0.957. The number of hydrogen-bond donors (Lipinski definition) is 1. The van der Waals surface area contributed by atoms with E-state index in [4.69, 9.17) is 5.11 Å². The fourth-order valence-corrected chi connectivity index (χ4v) is 0.923. The molecule has 0 aromatic carbocycles. The fourth-order valence-electron chi connectivity index (χ4n) is 0.923. The van der Waals surface area contributed by atoms with Gasteiger partial charge in [0.25, 0.3) is 0 Å². The molecular weight excluding hydrogens is 228 g/mol. The summed E-state index contributed by atoms with van der Waals surface area (Å²) in [4.78, 5) is 0. The molecule has 0 saturated carbocycles. The van der Waals surface area contributed by atoms with Gasteiger partial charge < -0.3 is 10.2 Å². The van der Waals surface area contributed by atoms with Gasteiger partial charge in [-0.15, -0.1) is 0 Å². The molecule has 0 unspecified atom stereocenters. The second-order valence-electron chi connectivity index (χ2n) is 2.41. The minimum absolute atomic E-state index is 0. The Kier molecular flexibility index (Phi) is 5.09. The zero-order valence-electron chi connectivity index (χ0n) is 7.59. The van der Waals surface area contributed by atoms with E-state index in [-0.39, 0.29) is 51.4 Å². The first-order chi connectivity index (χ1) is 5.88. The summed E-state index contributed by atoms with van der Waals surface area (Å²) < 4.78 is 36.9. The molecule has 0 radical (unpaired) electrons. The molecule has 1 aromatic heterocycles. The molecule has 0 aliphatic heterocycles. The monoisotopic (exact) mass is 234 g/mol. The summed E-state index contributed by atoms with van der Waals surface area (Å²) in [5.41, 5.74) is -2.03. The molecule has 0 aliphatic carbocycles. The molecule has 4 nitrogen and oxygen atoms in total. The van der Waals surface area contributed by atoms with Crippen LogP contribution in [-0.2, 0) is 19.8 Å². The van der Waals surface area contributed by atoms with Crippen molar-refractivity contribution in [1.82, 2.24) is 9.78 Å². The summed E-state index contributed by atoms with van der Waals surface area (Å²) in [6.07, 6.45) is -4.70. The first-order valence-corrected chi connectivity index (χ1v) is 3.29. The molecule has 1 N–H and O–H groups in total. The molecule has 74 valence electrons. The van der Waals surface area contributed by atoms with Crippen LogP contribution in [0.1, 0.15) is 11.3 Å². The van der Waals surface area contributed by atoms with E-state index < -0.39 is 29.9 Å². The van der Waals surface area contributed by atoms with Crippen molar-refractivity contribution in [3.8, 4) is 5.88 Å². The van der Waals surface area contributed by atoms with Crippen molar-refractivity contribution >= 4 is 0 Å². The van der Waals surface area contributed by atoms with Crippen LogP contribution < -0.4 is 56.5 Å². The van der Waals surface area contributed by atoms with E-state index in [0.29, 0.717) is 4.68 Å². The SMILES string of the molecule is Cn1nc(C(F)(F)F)c(CO)c1[O-].[K+]. The fraction of sp³-hybridized carbons (Fsp3) is 0.500. The summed E-state index contributed by atoms with van der Waals surface area (Å²) in [7, 11) is 1.09. The molecule has 0 spiro atoms. The third-order valence-electron chi connectivity index (χ3n) is 1.51. The minimum Gasteiger partial charge on any atom is -0.859 e. The average Bonchev–Trinajstić information content (AvgIpc) is 2.28. The van der Waals surface area contributed by atoms with Gasteiger partial charge in [-0.1, -0.05) is 0 Å². The van der Waals surface area contributed by atoms with Crippen LogP contribution in [0.15, 0.2) is 0 Å². The zero-order valence-corrected chi connectivity index (χ0v) is 10.7. The Morgan fingerprint density at radius 3 is 2.29 bits per heavy atom. The second-order valence-corrected chi connectivity index (χ2v) is 2.41. The molecular formula is C6H6F3KN2O2. The molecule has 8 heteroatoms. The largest absolute Gasteiger partial charge is 1.00 e. The van der Waals surface area contributed by atoms with Gasteiger partial charge in [0.05, 0.1) is 6.61 Å². The van der Waals surface area contributed by atoms with Gasteiger partial charge in [0.2, 0.25) is 0 Å². The van der Waals surface area contributed by atoms with E-state index in [9.17, 15) is 18.3 Å². The van der Waals surface area contributed by atoms with E-state index >= 15 is 0 Å². The molecule has 1 rings (SSSR count). The number of rotatable bonds is 1. The van der Waals surface area contributed by atoms with E-state index in [0.717, 1.165) is 7.05 Å². The van der Waals surface area contributed by atoms with E-state index in [1.54, 1.807) is 0 Å². The maximum absolute atomic E-state index is 12.1. The molecule has 1 aromatic rings. The van der Waals surface area contributed by atoms with Crippen LogP contribution in [0.4, 0.5) is 13.2 Å². The number of hydrogen-bond acceptors (Lipinski definition) is 3. The first-order valence-electron chi connectivity index (χ1n) is 3.29. The van der Waals surface area contributed by atoms with Crippen molar-refractivity contribution in [2.75, 3.05) is 0 Å². The summed E-state index contributed by atoms with van der Waals surface area (Å²) in [5.74, 6) is -0.921. The van der Waals surface area contributed by atoms with Crippen molar-refractivity contribution < 1.29 is 74.8 Å². The van der Waals surface area contributed by atoms with Gasteiger partial charge >= 0.3 is 57.6 Å². The third kappa shape index (κ3) is 2.71. The van der Waals surface area contributed by atoms with E-state index in [1.807, 2.05) is 0 Å². The molecule has 0 saturated heterocycles. The molecule has 14 heavy (non-hydrogen) atoms. The van der Waals surface area contributed by atoms with Crippen LogP contribution in [0.3, 0.4) is 0 Å². The Bertz CT molecular complexity index is 324. The summed E-state index contributed by atoms with van der Waals surface area (Å²) in [6, 6.07) is 0. The Labute approximate surface area is 120 Å². The van der Waals surface area contributed by atoms with Crippen molar-refractivity contribution in [3.05, 3.63) is 11.3 Å². The van der Waals surface area contributed by atoms with Crippen LogP contribution in [0.5, 0.6) is 5.88 Å². The normalized spacial score (nSPS) is 11.2. The zero-order chi connectivity index (χ0) is 10.2. The van der Waals surface area contributed by atoms with Gasteiger partial charge in [-0.25, -0.2) is 0 Å². The van der Waals surface area contributed by atoms with Gasteiger partial charge in [-0.2, -0.15) is 18.3 Å². The molecule has 0 aliphatic rings. The Morgan fingerprint density at radius 1 is 1.50 bits per heavy atom. The van der Waals surface area contributed by atoms with Crippen molar-refractivity contribution in [2.24, 2.45) is 7.05 Å². The molecule has 0 bridgehead atoms. The molecule has 0 fully saturated rings. The summed E-state index contributed by atoms with van der Waals surface area (Å²) in [5, 5.41) is 22.4. The number of nitrogens with zero attached hydrogens (tertiary/aromatic N) is 2. The van der Waals surface area contributed by atoms with Crippen molar-refractivity contribution in [1.29, 1.82) is 0 Å². The van der Waals surface area contributed by atoms with Crippen molar-refractivity contribution in [3.63, 3.8) is 0 Å². The number of halogens is 3. The maximum Gasteiger partial charge on any atom is 1.00 e. The standard InChI is InChI=1S/C6H7F3N2O2.K/c1-11-5(13)3(2-12)4(10-11)6(7,8)9;/h12-13H,2H2,1H3;/q;+1/p-1. The average molecular weight is 234 g/mol. The summed E-state index contributed by atoms with van der Waals surface area (Å²) >= 11 is 0. The predicted octanol–water partition coefficient (Wildman–Crippen LogP) is -2.99. The number of aromatic nitrogens is 2. The van der Waals surface area contributed by atoms with Crippen LogP contribution in [0, 0.1) is 0 Å². The Morgan fingerprint density at radius 2 is 2.00 bits per heavy atom. The predicted molar refractivity (Wildman–Crippen MR) is 33.6 cm³/mol.